The summed E-state index contributed by atoms with van der Waals surface area (Å²) in [7, 11) is 37.5. The summed E-state index contributed by atoms with van der Waals surface area (Å²) in [6, 6.07) is 7.07. The first-order valence-electron chi connectivity index (χ1n) is 8.28. The molecular weight excluding hydrogens is 341 g/mol. The van der Waals surface area contributed by atoms with Gasteiger partial charge in [0.05, 0.1) is 5.69 Å². The third-order valence-corrected chi connectivity index (χ3v) is 4.40. The Morgan fingerprint density at radius 1 is 0.964 bits per heavy atom. The number of benzene rings is 2. The van der Waals surface area contributed by atoms with Gasteiger partial charge in [-0.1, -0.05) is 28.5 Å². The number of nitrogens with zero attached hydrogens (tertiary/aromatic N) is 3. The molecule has 0 saturated heterocycles. The van der Waals surface area contributed by atoms with Gasteiger partial charge in [-0.15, -0.1) is 21.5 Å². The average Bonchev–Trinajstić information content (AvgIpc) is 3.12. The van der Waals surface area contributed by atoms with Crippen LogP contribution >= 0.6 is 0 Å². The summed E-state index contributed by atoms with van der Waals surface area (Å²) in [6.07, 6.45) is 1.62. The fourth-order valence-corrected chi connectivity index (χ4v) is 2.82. The Hall–Kier alpha value is -2.40. The zero-order chi connectivity index (χ0) is 20.6. The van der Waals surface area contributed by atoms with Gasteiger partial charge in [-0.2, -0.15) is 0 Å². The molecule has 0 spiro atoms. The van der Waals surface area contributed by atoms with Crippen molar-refractivity contribution in [3.63, 3.8) is 0 Å². The van der Waals surface area contributed by atoms with Crippen LogP contribution < -0.4 is 48.4 Å². The number of hydrogen-bond donors (Lipinski definition) is 1. The minimum Gasteiger partial charge on any atom is -0.472 e. The van der Waals surface area contributed by atoms with Crippen molar-refractivity contribution in [3.05, 3.63) is 36.0 Å². The topological polar surface area (TPSA) is 56.3 Å². The van der Waals surface area contributed by atoms with Crippen molar-refractivity contribution in [2.75, 3.05) is 12.1 Å². The molecular formula is C17H12B6N4O. The number of hydrogen-bond acceptors (Lipinski definition) is 4. The van der Waals surface area contributed by atoms with Crippen LogP contribution in [-0.4, -0.2) is 63.9 Å². The molecule has 2 aromatic carbocycles. The van der Waals surface area contributed by atoms with Gasteiger partial charge in [-0.25, -0.2) is 10.5 Å². The number of aromatic nitrogens is 2. The van der Waals surface area contributed by atoms with Gasteiger partial charge < -0.3 is 9.75 Å². The molecule has 0 aliphatic heterocycles. The molecule has 3 aromatic rings. The van der Waals surface area contributed by atoms with Gasteiger partial charge in [-0.05, 0) is 6.07 Å². The minimum atomic E-state index is 0.139. The molecule has 28 heavy (non-hydrogen) atoms. The van der Waals surface area contributed by atoms with Crippen LogP contribution in [0.5, 0.6) is 5.88 Å². The normalized spacial score (nSPS) is 10.8. The Bertz CT molecular complexity index is 1010. The standard InChI is InChI=1S/C17H12B6N4O/c1-26(24)10-4-2-3-9(18)8(10)7-28-11-5-6-27(25-11)17-15(22)13(20)12(19)14(21)16(17)23/h2-6H,7,24H2,1H3. The lowest BCUT2D eigenvalue weighted by atomic mass is 9.62. The van der Waals surface area contributed by atoms with Crippen LogP contribution in [-0.2, 0) is 6.61 Å². The summed E-state index contributed by atoms with van der Waals surface area (Å²) in [6.45, 7) is 0.164. The van der Waals surface area contributed by atoms with E-state index in [1.807, 2.05) is 12.1 Å². The lowest BCUT2D eigenvalue weighted by Gasteiger charge is -2.20. The predicted octanol–water partition coefficient (Wildman–Crippen LogP) is -4.48. The first kappa shape index (κ1) is 20.3. The summed E-state index contributed by atoms with van der Waals surface area (Å²) in [5.74, 6) is 6.17. The van der Waals surface area contributed by atoms with Crippen LogP contribution in [0.15, 0.2) is 30.5 Å². The maximum Gasteiger partial charge on any atom is 0.233 e. The van der Waals surface area contributed by atoms with Gasteiger partial charge in [0.1, 0.15) is 53.7 Å². The minimum absolute atomic E-state index is 0.139. The molecule has 0 atom stereocenters. The summed E-state index contributed by atoms with van der Waals surface area (Å²) < 4.78 is 7.19. The smallest absolute Gasteiger partial charge is 0.233 e. The van der Waals surface area contributed by atoms with E-state index < -0.39 is 0 Å². The molecule has 124 valence electrons. The van der Waals surface area contributed by atoms with E-state index in [1.54, 1.807) is 25.4 Å². The lowest BCUT2D eigenvalue weighted by Crippen LogP contribution is -2.56. The second-order valence-corrected chi connectivity index (χ2v) is 6.26. The van der Waals surface area contributed by atoms with E-state index in [0.717, 1.165) is 11.3 Å². The lowest BCUT2D eigenvalue weighted by molar-refractivity contribution is 0.293. The maximum atomic E-state index is 6.05. The second kappa shape index (κ2) is 7.92. The molecule has 2 N–H and O–H groups in total. The third kappa shape index (κ3) is 3.63. The Morgan fingerprint density at radius 2 is 1.57 bits per heavy atom. The number of rotatable bonds is 5. The molecule has 0 unspecified atom stereocenters. The van der Waals surface area contributed by atoms with Gasteiger partial charge in [0.2, 0.25) is 5.88 Å². The fourth-order valence-electron chi connectivity index (χ4n) is 2.82. The first-order chi connectivity index (χ1) is 13.2. The predicted molar refractivity (Wildman–Crippen MR) is 119 cm³/mol. The van der Waals surface area contributed by atoms with Crippen molar-refractivity contribution < 1.29 is 4.74 Å². The Balaban J connectivity index is 1.90. The molecule has 0 fully saturated rings. The monoisotopic (exact) mass is 354 g/mol. The van der Waals surface area contributed by atoms with Crippen molar-refractivity contribution >= 4 is 85.5 Å². The van der Waals surface area contributed by atoms with E-state index in [9.17, 15) is 0 Å². The average molecular weight is 353 g/mol. The van der Waals surface area contributed by atoms with Crippen molar-refractivity contribution in [1.82, 2.24) is 9.78 Å². The number of hydrazine groups is 1. The maximum absolute atomic E-state index is 6.05. The summed E-state index contributed by atoms with van der Waals surface area (Å²) in [5, 5.41) is 5.80. The zero-order valence-corrected chi connectivity index (χ0v) is 15.4. The highest BCUT2D eigenvalue weighted by Crippen LogP contribution is 2.17. The van der Waals surface area contributed by atoms with E-state index in [1.165, 1.54) is 9.69 Å². The highest BCUT2D eigenvalue weighted by molar-refractivity contribution is 6.68. The van der Waals surface area contributed by atoms with Crippen LogP contribution in [0.1, 0.15) is 5.56 Å². The van der Waals surface area contributed by atoms with Crippen LogP contribution in [0, 0.1) is 0 Å². The fraction of sp³-hybridized carbons (Fsp3) is 0.118. The second-order valence-electron chi connectivity index (χ2n) is 6.26. The molecule has 0 aliphatic carbocycles. The van der Waals surface area contributed by atoms with E-state index in [4.69, 9.17) is 57.7 Å². The molecule has 0 bridgehead atoms. The molecule has 0 amide bonds. The number of nitrogens with two attached hydrogens (primary N) is 1. The molecule has 12 radical (unpaired) electrons. The van der Waals surface area contributed by atoms with Crippen LogP contribution in [0.25, 0.3) is 5.69 Å². The third-order valence-electron chi connectivity index (χ3n) is 4.40. The van der Waals surface area contributed by atoms with Gasteiger partial charge >= 0.3 is 0 Å². The first-order valence-corrected chi connectivity index (χ1v) is 8.28. The van der Waals surface area contributed by atoms with Crippen molar-refractivity contribution in [2.45, 2.75) is 6.61 Å². The number of anilines is 1. The van der Waals surface area contributed by atoms with Gasteiger partial charge in [0, 0.05) is 30.6 Å². The van der Waals surface area contributed by atoms with Crippen molar-refractivity contribution in [1.29, 1.82) is 0 Å². The quantitative estimate of drug-likeness (QED) is 0.286. The highest BCUT2D eigenvalue weighted by Gasteiger charge is 2.14. The van der Waals surface area contributed by atoms with Gasteiger partial charge in [0.15, 0.2) is 0 Å². The SMILES string of the molecule is [B]c1cccc(N(C)N)c1COc1ccn(-c2c([B])c([B])c([B])c([B])c2[B])n1. The van der Waals surface area contributed by atoms with Gasteiger partial charge in [0.25, 0.3) is 0 Å². The molecule has 5 nitrogen and oxygen atoms in total. The molecule has 1 aromatic heterocycles. The summed E-state index contributed by atoms with van der Waals surface area (Å²) in [4.78, 5) is 0. The van der Waals surface area contributed by atoms with E-state index >= 15 is 0 Å². The summed E-state index contributed by atoms with van der Waals surface area (Å²) in [5.41, 5.74) is 3.16. The Kier molecular flexibility index (Phi) is 5.75. The van der Waals surface area contributed by atoms with Crippen molar-refractivity contribution in [2.24, 2.45) is 5.84 Å². The molecule has 11 heteroatoms. The zero-order valence-electron chi connectivity index (χ0n) is 15.4. The van der Waals surface area contributed by atoms with Crippen LogP contribution in [0.3, 0.4) is 0 Å². The molecule has 0 aliphatic rings. The van der Waals surface area contributed by atoms with E-state index in [2.05, 4.69) is 5.10 Å². The van der Waals surface area contributed by atoms with Crippen molar-refractivity contribution in [3.8, 4) is 11.6 Å². The van der Waals surface area contributed by atoms with E-state index in [0.29, 0.717) is 17.0 Å². The molecule has 1 heterocycles. The van der Waals surface area contributed by atoms with Crippen LogP contribution in [0.2, 0.25) is 0 Å². The Morgan fingerprint density at radius 3 is 2.18 bits per heavy atom. The van der Waals surface area contributed by atoms with Crippen LogP contribution in [0.4, 0.5) is 5.69 Å². The number of ether oxygens (including phenoxy) is 1. The van der Waals surface area contributed by atoms with E-state index in [-0.39, 0.29) is 33.9 Å². The Labute approximate surface area is 172 Å². The highest BCUT2D eigenvalue weighted by atomic mass is 16.5. The molecule has 0 saturated carbocycles. The largest absolute Gasteiger partial charge is 0.472 e. The molecule has 3 rings (SSSR count). The van der Waals surface area contributed by atoms with Gasteiger partial charge in [-0.3, -0.25) is 0 Å². The summed E-state index contributed by atoms with van der Waals surface area (Å²) >= 11 is 0.